The zero-order chi connectivity index (χ0) is 13.2. The summed E-state index contributed by atoms with van der Waals surface area (Å²) < 4.78 is 5.55. The van der Waals surface area contributed by atoms with Crippen LogP contribution in [-0.4, -0.2) is 43.8 Å². The summed E-state index contributed by atoms with van der Waals surface area (Å²) in [4.78, 5) is 2.62. The highest BCUT2D eigenvalue weighted by atomic mass is 16.5. The Morgan fingerprint density at radius 2 is 2.11 bits per heavy atom. The van der Waals surface area contributed by atoms with E-state index in [0.717, 1.165) is 32.2 Å². The van der Waals surface area contributed by atoms with E-state index in [4.69, 9.17) is 10.5 Å². The molecule has 0 bridgehead atoms. The summed E-state index contributed by atoms with van der Waals surface area (Å²) >= 11 is 0. The maximum absolute atomic E-state index is 5.69. The van der Waals surface area contributed by atoms with Gasteiger partial charge in [-0.2, -0.15) is 0 Å². The minimum atomic E-state index is 0.651. The van der Waals surface area contributed by atoms with Gasteiger partial charge in [-0.05, 0) is 44.7 Å². The van der Waals surface area contributed by atoms with Crippen LogP contribution in [0.3, 0.4) is 0 Å². The van der Waals surface area contributed by atoms with Crippen LogP contribution in [0.15, 0.2) is 0 Å². The van der Waals surface area contributed by atoms with Gasteiger partial charge in [0.05, 0.1) is 13.2 Å². The molecule has 0 aromatic heterocycles. The van der Waals surface area contributed by atoms with Gasteiger partial charge in [0.25, 0.3) is 0 Å². The van der Waals surface area contributed by atoms with Gasteiger partial charge in [-0.25, -0.2) is 0 Å². The summed E-state index contributed by atoms with van der Waals surface area (Å²) in [6, 6.07) is 0.651. The summed E-state index contributed by atoms with van der Waals surface area (Å²) in [5.74, 6) is 0.848. The first-order valence-corrected chi connectivity index (χ1v) is 7.83. The van der Waals surface area contributed by atoms with E-state index >= 15 is 0 Å². The van der Waals surface area contributed by atoms with Crippen LogP contribution in [0.2, 0.25) is 0 Å². The van der Waals surface area contributed by atoms with Crippen LogP contribution in [0, 0.1) is 5.92 Å². The van der Waals surface area contributed by atoms with E-state index in [9.17, 15) is 0 Å². The monoisotopic (exact) mass is 256 g/mol. The number of nitrogens with zero attached hydrogens (tertiary/aromatic N) is 1. The fourth-order valence-electron chi connectivity index (χ4n) is 3.02. The van der Waals surface area contributed by atoms with Crippen LogP contribution >= 0.6 is 0 Å². The summed E-state index contributed by atoms with van der Waals surface area (Å²) in [6.45, 7) is 9.59. The molecular formula is C15H32N2O. The maximum Gasteiger partial charge on any atom is 0.0622 e. The fourth-order valence-corrected chi connectivity index (χ4v) is 3.02. The molecule has 1 fully saturated rings. The Kier molecular flexibility index (Phi) is 8.64. The lowest BCUT2D eigenvalue weighted by molar-refractivity contribution is -0.00962. The van der Waals surface area contributed by atoms with Gasteiger partial charge in [-0.3, -0.25) is 4.90 Å². The van der Waals surface area contributed by atoms with Gasteiger partial charge in [-0.1, -0.05) is 26.7 Å². The Morgan fingerprint density at radius 1 is 1.28 bits per heavy atom. The average Bonchev–Trinajstić information content (AvgIpc) is 2.40. The lowest BCUT2D eigenvalue weighted by atomic mass is 9.94. The number of rotatable bonds is 9. The van der Waals surface area contributed by atoms with Crippen LogP contribution < -0.4 is 5.73 Å². The average molecular weight is 256 g/mol. The van der Waals surface area contributed by atoms with Gasteiger partial charge in [0.2, 0.25) is 0 Å². The first-order valence-electron chi connectivity index (χ1n) is 7.83. The van der Waals surface area contributed by atoms with Crippen molar-refractivity contribution in [3.05, 3.63) is 0 Å². The second kappa shape index (κ2) is 9.76. The van der Waals surface area contributed by atoms with E-state index in [2.05, 4.69) is 18.7 Å². The van der Waals surface area contributed by atoms with E-state index in [1.54, 1.807) is 0 Å². The second-order valence-corrected chi connectivity index (χ2v) is 5.55. The van der Waals surface area contributed by atoms with Crippen molar-refractivity contribution >= 4 is 0 Å². The van der Waals surface area contributed by atoms with Crippen molar-refractivity contribution in [2.75, 3.05) is 32.8 Å². The molecule has 3 nitrogen and oxygen atoms in total. The van der Waals surface area contributed by atoms with Gasteiger partial charge in [0.15, 0.2) is 0 Å². The summed E-state index contributed by atoms with van der Waals surface area (Å²) in [7, 11) is 0. The largest absolute Gasteiger partial charge is 0.378 e. The lowest BCUT2D eigenvalue weighted by Crippen LogP contribution is -2.45. The van der Waals surface area contributed by atoms with Crippen molar-refractivity contribution in [2.45, 2.75) is 58.4 Å². The van der Waals surface area contributed by atoms with Gasteiger partial charge < -0.3 is 10.5 Å². The molecule has 0 radical (unpaired) electrons. The summed E-state index contributed by atoms with van der Waals surface area (Å²) in [5.41, 5.74) is 5.69. The lowest BCUT2D eigenvalue weighted by Gasteiger charge is -2.35. The minimum absolute atomic E-state index is 0.651. The summed E-state index contributed by atoms with van der Waals surface area (Å²) in [6.07, 6.45) is 7.71. The highest BCUT2D eigenvalue weighted by Crippen LogP contribution is 2.18. The molecule has 0 spiro atoms. The molecule has 1 heterocycles. The highest BCUT2D eigenvalue weighted by molar-refractivity contribution is 4.74. The number of hydrogen-bond donors (Lipinski definition) is 1. The Balaban J connectivity index is 2.21. The van der Waals surface area contributed by atoms with Gasteiger partial charge in [0.1, 0.15) is 0 Å². The molecular weight excluding hydrogens is 224 g/mol. The molecule has 1 aliphatic heterocycles. The van der Waals surface area contributed by atoms with Gasteiger partial charge >= 0.3 is 0 Å². The molecule has 1 aliphatic rings. The first-order chi connectivity index (χ1) is 8.81. The number of hydrogen-bond acceptors (Lipinski definition) is 3. The van der Waals surface area contributed by atoms with Crippen molar-refractivity contribution < 1.29 is 4.74 Å². The molecule has 0 aromatic carbocycles. The van der Waals surface area contributed by atoms with Crippen molar-refractivity contribution in [3.8, 4) is 0 Å². The molecule has 2 atom stereocenters. The van der Waals surface area contributed by atoms with Crippen molar-refractivity contribution in [1.29, 1.82) is 0 Å². The molecule has 2 N–H and O–H groups in total. The van der Waals surface area contributed by atoms with Crippen LogP contribution in [0.1, 0.15) is 52.4 Å². The number of morpholine rings is 1. The molecule has 2 unspecified atom stereocenters. The molecule has 18 heavy (non-hydrogen) atoms. The normalized spacial score (nSPS) is 23.2. The van der Waals surface area contributed by atoms with E-state index < -0.39 is 0 Å². The first kappa shape index (κ1) is 15.9. The second-order valence-electron chi connectivity index (χ2n) is 5.55. The molecule has 1 rings (SSSR count). The third-order valence-corrected chi connectivity index (χ3v) is 4.15. The predicted molar refractivity (Wildman–Crippen MR) is 77.8 cm³/mol. The van der Waals surface area contributed by atoms with E-state index in [0.29, 0.717) is 6.04 Å². The number of ether oxygens (including phenoxy) is 1. The van der Waals surface area contributed by atoms with Crippen LogP contribution in [0.4, 0.5) is 0 Å². The van der Waals surface area contributed by atoms with Crippen LogP contribution in [0.25, 0.3) is 0 Å². The van der Waals surface area contributed by atoms with Gasteiger partial charge in [-0.15, -0.1) is 0 Å². The molecule has 3 heteroatoms. The highest BCUT2D eigenvalue weighted by Gasteiger charge is 2.20. The zero-order valence-electron chi connectivity index (χ0n) is 12.4. The Hall–Kier alpha value is -0.120. The SMILES string of the molecule is CCCC(CCN)CCCN1CCOCC1CC. The molecule has 0 aliphatic carbocycles. The fraction of sp³-hybridized carbons (Fsp3) is 1.00. The van der Waals surface area contributed by atoms with E-state index in [-0.39, 0.29) is 0 Å². The molecule has 1 saturated heterocycles. The quantitative estimate of drug-likeness (QED) is 0.689. The number of nitrogens with two attached hydrogens (primary N) is 1. The van der Waals surface area contributed by atoms with E-state index in [1.165, 1.54) is 45.1 Å². The summed E-state index contributed by atoms with van der Waals surface area (Å²) in [5, 5.41) is 0. The van der Waals surface area contributed by atoms with Crippen LogP contribution in [0.5, 0.6) is 0 Å². The molecule has 0 aromatic rings. The standard InChI is InChI=1S/C15H32N2O/c1-3-6-14(8-9-16)7-5-10-17-11-12-18-13-15(17)4-2/h14-15H,3-13,16H2,1-2H3. The zero-order valence-corrected chi connectivity index (χ0v) is 12.4. The smallest absolute Gasteiger partial charge is 0.0622 e. The molecule has 0 saturated carbocycles. The van der Waals surface area contributed by atoms with Gasteiger partial charge in [0, 0.05) is 12.6 Å². The minimum Gasteiger partial charge on any atom is -0.378 e. The molecule has 0 amide bonds. The van der Waals surface area contributed by atoms with Crippen LogP contribution in [-0.2, 0) is 4.74 Å². The topological polar surface area (TPSA) is 38.5 Å². The molecule has 108 valence electrons. The predicted octanol–water partition coefficient (Wildman–Crippen LogP) is 2.64. The third-order valence-electron chi connectivity index (χ3n) is 4.15. The van der Waals surface area contributed by atoms with Crippen molar-refractivity contribution in [2.24, 2.45) is 11.7 Å². The third kappa shape index (κ3) is 5.68. The Labute approximate surface area is 113 Å². The van der Waals surface area contributed by atoms with E-state index in [1.807, 2.05) is 0 Å². The van der Waals surface area contributed by atoms with Crippen molar-refractivity contribution in [3.63, 3.8) is 0 Å². The Bertz CT molecular complexity index is 193. The Morgan fingerprint density at radius 3 is 2.78 bits per heavy atom. The van der Waals surface area contributed by atoms with Crippen molar-refractivity contribution in [1.82, 2.24) is 4.90 Å². The maximum atomic E-state index is 5.69.